The Hall–Kier alpha value is -2.91. The van der Waals surface area contributed by atoms with Gasteiger partial charge in [-0.25, -0.2) is 0 Å². The molecule has 1 heterocycles. The summed E-state index contributed by atoms with van der Waals surface area (Å²) in [5, 5.41) is 12.1. The predicted octanol–water partition coefficient (Wildman–Crippen LogP) is 3.65. The first-order chi connectivity index (χ1) is 12.6. The Bertz CT molecular complexity index is 870. The van der Waals surface area contributed by atoms with Gasteiger partial charge in [-0.15, -0.1) is 0 Å². The first kappa shape index (κ1) is 20.4. The van der Waals surface area contributed by atoms with Crippen LogP contribution in [0.25, 0.3) is 10.9 Å². The van der Waals surface area contributed by atoms with Gasteiger partial charge in [-0.3, -0.25) is 9.36 Å². The molecule has 0 saturated carbocycles. The molecule has 146 valence electrons. The van der Waals surface area contributed by atoms with E-state index in [0.717, 1.165) is 10.8 Å². The molecule has 2 aromatic rings. The molecular weight excluding hydrogens is 371 g/mol. The number of carbonyl (C=O) groups excluding carboxylic acids is 1. The number of aromatic nitrogens is 1. The standard InChI is InChI=1S/C17H17F5N4O/c1-10-4-12-5-11(2-3-14(12)26(10)16(18)19)7-25-15(27)13(6-23)8-24-9-17(20,21)22/h2-6,8,16,23-24H,7,9H2,1H3,(H,25,27)/b13-8+,23-6?. The lowest BCUT2D eigenvalue weighted by atomic mass is 10.1. The summed E-state index contributed by atoms with van der Waals surface area (Å²) in [6.45, 7) is -2.41. The van der Waals surface area contributed by atoms with Crippen LogP contribution in [0.4, 0.5) is 22.0 Å². The van der Waals surface area contributed by atoms with Crippen LogP contribution in [0.1, 0.15) is 17.8 Å². The molecule has 0 bridgehead atoms. The van der Waals surface area contributed by atoms with Crippen molar-refractivity contribution in [2.45, 2.75) is 26.2 Å². The number of carbonyl (C=O) groups is 1. The first-order valence-corrected chi connectivity index (χ1v) is 7.80. The molecule has 0 aliphatic carbocycles. The zero-order valence-electron chi connectivity index (χ0n) is 14.2. The largest absolute Gasteiger partial charge is 0.405 e. The minimum absolute atomic E-state index is 0.0259. The van der Waals surface area contributed by atoms with Gasteiger partial charge in [-0.05, 0) is 30.7 Å². The van der Waals surface area contributed by atoms with Crippen LogP contribution < -0.4 is 10.6 Å². The number of fused-ring (bicyclic) bond motifs is 1. The molecule has 27 heavy (non-hydrogen) atoms. The van der Waals surface area contributed by atoms with Crippen molar-refractivity contribution < 1.29 is 26.7 Å². The molecule has 0 aliphatic heterocycles. The van der Waals surface area contributed by atoms with Crippen molar-refractivity contribution in [3.8, 4) is 0 Å². The summed E-state index contributed by atoms with van der Waals surface area (Å²) in [7, 11) is 0. The first-order valence-electron chi connectivity index (χ1n) is 7.80. The summed E-state index contributed by atoms with van der Waals surface area (Å²) >= 11 is 0. The SMILES string of the molecule is Cc1cc2cc(CNC(=O)/C(C=N)=C/NCC(F)(F)F)ccc2n1C(F)F. The van der Waals surface area contributed by atoms with E-state index >= 15 is 0 Å². The van der Waals surface area contributed by atoms with Crippen LogP contribution in [0.15, 0.2) is 36.0 Å². The van der Waals surface area contributed by atoms with Crippen molar-refractivity contribution in [1.29, 1.82) is 5.41 Å². The van der Waals surface area contributed by atoms with Crippen LogP contribution in [0.3, 0.4) is 0 Å². The van der Waals surface area contributed by atoms with E-state index in [1.165, 1.54) is 6.07 Å². The fourth-order valence-electron chi connectivity index (χ4n) is 2.53. The topological polar surface area (TPSA) is 69.9 Å². The van der Waals surface area contributed by atoms with Gasteiger partial charge < -0.3 is 16.0 Å². The van der Waals surface area contributed by atoms with Crippen LogP contribution >= 0.6 is 0 Å². The molecule has 2 rings (SSSR count). The average Bonchev–Trinajstić information content (AvgIpc) is 2.90. The lowest BCUT2D eigenvalue weighted by Crippen LogP contribution is -2.29. The van der Waals surface area contributed by atoms with Gasteiger partial charge in [0.2, 0.25) is 0 Å². The number of nitrogens with one attached hydrogen (secondary N) is 3. The second kappa shape index (κ2) is 8.19. The summed E-state index contributed by atoms with van der Waals surface area (Å²) in [5.74, 6) is -0.735. The van der Waals surface area contributed by atoms with Crippen molar-refractivity contribution >= 4 is 23.0 Å². The number of nitrogens with zero attached hydrogens (tertiary/aromatic N) is 1. The highest BCUT2D eigenvalue weighted by atomic mass is 19.4. The van der Waals surface area contributed by atoms with Crippen LogP contribution in [0.2, 0.25) is 0 Å². The van der Waals surface area contributed by atoms with Crippen molar-refractivity contribution in [3.63, 3.8) is 0 Å². The normalized spacial score (nSPS) is 12.5. The van der Waals surface area contributed by atoms with Crippen LogP contribution in [0, 0.1) is 12.3 Å². The molecule has 0 spiro atoms. The van der Waals surface area contributed by atoms with Gasteiger partial charge in [0.1, 0.15) is 6.54 Å². The van der Waals surface area contributed by atoms with Gasteiger partial charge in [0, 0.05) is 30.0 Å². The zero-order valence-corrected chi connectivity index (χ0v) is 14.2. The number of alkyl halides is 5. The molecule has 1 aromatic carbocycles. The quantitative estimate of drug-likeness (QED) is 0.385. The highest BCUT2D eigenvalue weighted by molar-refractivity contribution is 6.11. The van der Waals surface area contributed by atoms with Crippen molar-refractivity contribution in [3.05, 3.63) is 47.3 Å². The highest BCUT2D eigenvalue weighted by Gasteiger charge is 2.26. The number of rotatable bonds is 7. The zero-order chi connectivity index (χ0) is 20.2. The summed E-state index contributed by atoms with van der Waals surface area (Å²) < 4.78 is 63.3. The number of hydrogen-bond donors (Lipinski definition) is 3. The van der Waals surface area contributed by atoms with Crippen LogP contribution in [-0.4, -0.2) is 29.4 Å². The van der Waals surface area contributed by atoms with Gasteiger partial charge in [0.15, 0.2) is 0 Å². The van der Waals surface area contributed by atoms with Gasteiger partial charge in [-0.1, -0.05) is 6.07 Å². The minimum Gasteiger partial charge on any atom is -0.382 e. The highest BCUT2D eigenvalue weighted by Crippen LogP contribution is 2.26. The molecule has 0 saturated heterocycles. The summed E-state index contributed by atoms with van der Waals surface area (Å²) in [5.41, 5.74) is 1.09. The Morgan fingerprint density at radius 1 is 1.30 bits per heavy atom. The van der Waals surface area contributed by atoms with Crippen molar-refractivity contribution in [1.82, 2.24) is 15.2 Å². The number of hydrogen-bond acceptors (Lipinski definition) is 3. The van der Waals surface area contributed by atoms with Gasteiger partial charge >= 0.3 is 12.7 Å². The lowest BCUT2D eigenvalue weighted by Gasteiger charge is -2.09. The Labute approximate surface area is 151 Å². The average molecular weight is 388 g/mol. The predicted molar refractivity (Wildman–Crippen MR) is 90.7 cm³/mol. The van der Waals surface area contributed by atoms with E-state index in [-0.39, 0.29) is 12.1 Å². The Morgan fingerprint density at radius 3 is 2.59 bits per heavy atom. The Kier molecular flexibility index (Phi) is 6.19. The summed E-state index contributed by atoms with van der Waals surface area (Å²) in [6, 6.07) is 6.30. The van der Waals surface area contributed by atoms with E-state index in [1.54, 1.807) is 25.1 Å². The second-order valence-electron chi connectivity index (χ2n) is 5.75. The molecule has 0 atom stereocenters. The molecule has 1 aromatic heterocycles. The minimum atomic E-state index is -4.44. The maximum absolute atomic E-state index is 13.1. The van der Waals surface area contributed by atoms with Crippen molar-refractivity contribution in [2.24, 2.45) is 0 Å². The number of aryl methyl sites for hydroxylation is 1. The lowest BCUT2D eigenvalue weighted by molar-refractivity contribution is -0.123. The fraction of sp³-hybridized carbons (Fsp3) is 0.294. The third kappa shape index (κ3) is 5.28. The van der Waals surface area contributed by atoms with E-state index in [2.05, 4.69) is 5.32 Å². The van der Waals surface area contributed by atoms with E-state index in [1.807, 2.05) is 5.32 Å². The third-order valence-corrected chi connectivity index (χ3v) is 3.72. The Morgan fingerprint density at radius 2 is 2.00 bits per heavy atom. The van der Waals surface area contributed by atoms with Crippen molar-refractivity contribution in [2.75, 3.05) is 6.54 Å². The molecule has 5 nitrogen and oxygen atoms in total. The van der Waals surface area contributed by atoms with E-state index < -0.39 is 25.2 Å². The summed E-state index contributed by atoms with van der Waals surface area (Å²) in [6.07, 6.45) is -3.00. The molecule has 0 radical (unpaired) electrons. The van der Waals surface area contributed by atoms with Crippen LogP contribution in [-0.2, 0) is 11.3 Å². The van der Waals surface area contributed by atoms with Gasteiger partial charge in [-0.2, -0.15) is 22.0 Å². The molecule has 1 amide bonds. The molecular formula is C17H17F5N4O. The molecule has 0 aliphatic rings. The van der Waals surface area contributed by atoms with E-state index in [4.69, 9.17) is 5.41 Å². The maximum Gasteiger partial charge on any atom is 0.405 e. The maximum atomic E-state index is 13.1. The number of benzene rings is 1. The fourth-order valence-corrected chi connectivity index (χ4v) is 2.53. The summed E-state index contributed by atoms with van der Waals surface area (Å²) in [4.78, 5) is 12.0. The Balaban J connectivity index is 2.05. The van der Waals surface area contributed by atoms with E-state index in [0.29, 0.717) is 28.4 Å². The third-order valence-electron chi connectivity index (χ3n) is 3.72. The smallest absolute Gasteiger partial charge is 0.382 e. The van der Waals surface area contributed by atoms with Crippen LogP contribution in [0.5, 0.6) is 0 Å². The second-order valence-corrected chi connectivity index (χ2v) is 5.75. The van der Waals surface area contributed by atoms with Gasteiger partial charge in [0.25, 0.3) is 5.91 Å². The van der Waals surface area contributed by atoms with E-state index in [9.17, 15) is 26.7 Å². The monoisotopic (exact) mass is 388 g/mol. The molecule has 0 unspecified atom stereocenters. The molecule has 10 heteroatoms. The molecule has 0 fully saturated rings. The molecule has 3 N–H and O–H groups in total. The number of amides is 1. The van der Waals surface area contributed by atoms with Gasteiger partial charge in [0.05, 0.1) is 11.1 Å². The number of halogens is 5.